The Balaban J connectivity index is 2.76. The molecule has 0 unspecified atom stereocenters. The molecule has 0 aromatic rings. The van der Waals surface area contributed by atoms with Crippen molar-refractivity contribution < 1.29 is 19.8 Å². The summed E-state index contributed by atoms with van der Waals surface area (Å²) in [7, 11) is 0. The molecule has 80 valence electrons. The van der Waals surface area contributed by atoms with E-state index in [0.29, 0.717) is 0 Å². The molecule has 6 heteroatoms. The van der Waals surface area contributed by atoms with Crippen LogP contribution in [0.2, 0.25) is 0 Å². The average Bonchev–Trinajstić information content (AvgIpc) is 2.09. The molecule has 0 spiro atoms. The first-order chi connectivity index (χ1) is 6.43. The molecular formula is C8H14N2O4. The Labute approximate surface area is 81.3 Å². The predicted molar refractivity (Wildman–Crippen MR) is 47.2 cm³/mol. The summed E-state index contributed by atoms with van der Waals surface area (Å²) >= 11 is 0. The second-order valence-electron chi connectivity index (χ2n) is 3.46. The van der Waals surface area contributed by atoms with Gasteiger partial charge in [0.1, 0.15) is 0 Å². The molecule has 0 bridgehead atoms. The number of aliphatic hydroxyl groups is 2. The highest BCUT2D eigenvalue weighted by molar-refractivity contribution is 5.84. The van der Waals surface area contributed by atoms with Gasteiger partial charge in [-0.2, -0.15) is 0 Å². The third-order valence-electron chi connectivity index (χ3n) is 2.23. The molecule has 0 radical (unpaired) electrons. The zero-order valence-corrected chi connectivity index (χ0v) is 8.02. The van der Waals surface area contributed by atoms with E-state index in [4.69, 9.17) is 0 Å². The summed E-state index contributed by atoms with van der Waals surface area (Å²) in [5.74, 6) is -0.975. The van der Waals surface area contributed by atoms with Crippen LogP contribution in [0.15, 0.2) is 0 Å². The van der Waals surface area contributed by atoms with Gasteiger partial charge in [0.2, 0.25) is 5.91 Å². The van der Waals surface area contributed by atoms with Crippen molar-refractivity contribution in [2.45, 2.75) is 38.1 Å². The molecule has 2 amide bonds. The molecule has 1 saturated heterocycles. The number of nitrogens with one attached hydrogen (secondary N) is 2. The van der Waals surface area contributed by atoms with Crippen LogP contribution in [-0.2, 0) is 9.59 Å². The van der Waals surface area contributed by atoms with Crippen LogP contribution in [0.25, 0.3) is 0 Å². The van der Waals surface area contributed by atoms with Gasteiger partial charge in [-0.25, -0.2) is 0 Å². The molecule has 1 heterocycles. The van der Waals surface area contributed by atoms with Crippen molar-refractivity contribution in [1.82, 2.24) is 10.6 Å². The largest absolute Gasteiger partial charge is 0.389 e. The summed E-state index contributed by atoms with van der Waals surface area (Å²) in [5.41, 5.74) is 0. The van der Waals surface area contributed by atoms with Crippen molar-refractivity contribution in [2.75, 3.05) is 0 Å². The van der Waals surface area contributed by atoms with E-state index in [1.165, 1.54) is 6.92 Å². The Bertz CT molecular complexity index is 256. The molecule has 1 aliphatic heterocycles. The maximum atomic E-state index is 11.1. The van der Waals surface area contributed by atoms with Crippen LogP contribution in [0.5, 0.6) is 0 Å². The van der Waals surface area contributed by atoms with Crippen molar-refractivity contribution in [1.29, 1.82) is 0 Å². The lowest BCUT2D eigenvalue weighted by molar-refractivity contribution is -0.141. The van der Waals surface area contributed by atoms with E-state index < -0.39 is 36.1 Å². The topological polar surface area (TPSA) is 98.7 Å². The Morgan fingerprint density at radius 2 is 2.07 bits per heavy atom. The first kappa shape index (κ1) is 10.9. The van der Waals surface area contributed by atoms with E-state index in [2.05, 4.69) is 10.6 Å². The van der Waals surface area contributed by atoms with E-state index in [9.17, 15) is 19.8 Å². The molecule has 0 aromatic heterocycles. The van der Waals surface area contributed by atoms with Crippen LogP contribution in [-0.4, -0.2) is 46.3 Å². The third kappa shape index (κ3) is 2.02. The number of carbonyl (C=O) groups is 2. The second kappa shape index (κ2) is 3.93. The van der Waals surface area contributed by atoms with Crippen LogP contribution < -0.4 is 10.6 Å². The maximum Gasteiger partial charge on any atom is 0.251 e. The molecule has 1 aliphatic rings. The Kier molecular flexibility index (Phi) is 3.07. The minimum atomic E-state index is -1.40. The van der Waals surface area contributed by atoms with E-state index in [1.54, 1.807) is 6.92 Å². The Hall–Kier alpha value is -1.14. The lowest BCUT2D eigenvalue weighted by Crippen LogP contribution is -2.66. The Morgan fingerprint density at radius 1 is 1.50 bits per heavy atom. The fourth-order valence-electron chi connectivity index (χ4n) is 1.46. The van der Waals surface area contributed by atoms with Crippen LogP contribution in [0.3, 0.4) is 0 Å². The van der Waals surface area contributed by atoms with Crippen molar-refractivity contribution in [3.8, 4) is 0 Å². The van der Waals surface area contributed by atoms with Crippen LogP contribution in [0, 0.1) is 0 Å². The lowest BCUT2D eigenvalue weighted by atomic mass is 9.94. The number of amides is 2. The fourth-order valence-corrected chi connectivity index (χ4v) is 1.46. The van der Waals surface area contributed by atoms with Gasteiger partial charge in [-0.05, 0) is 6.92 Å². The van der Waals surface area contributed by atoms with Gasteiger partial charge in [0.15, 0.2) is 6.10 Å². The van der Waals surface area contributed by atoms with E-state index in [0.717, 1.165) is 0 Å². The van der Waals surface area contributed by atoms with Gasteiger partial charge in [-0.15, -0.1) is 0 Å². The fraction of sp³-hybridized carbons (Fsp3) is 0.750. The lowest BCUT2D eigenvalue weighted by Gasteiger charge is -2.36. The Morgan fingerprint density at radius 3 is 2.57 bits per heavy atom. The minimum Gasteiger partial charge on any atom is -0.389 e. The first-order valence-corrected chi connectivity index (χ1v) is 4.37. The van der Waals surface area contributed by atoms with Crippen molar-refractivity contribution >= 4 is 11.8 Å². The minimum absolute atomic E-state index is 0.394. The van der Waals surface area contributed by atoms with E-state index in [1.807, 2.05) is 0 Å². The number of carbonyl (C=O) groups excluding carboxylic acids is 2. The SMILES string of the molecule is CC(=O)N[C@H]1[C@H](O)[C@@H](C)NC(=O)[C@@H]1O. The molecule has 4 N–H and O–H groups in total. The molecule has 14 heavy (non-hydrogen) atoms. The van der Waals surface area contributed by atoms with Gasteiger partial charge < -0.3 is 20.8 Å². The van der Waals surface area contributed by atoms with E-state index >= 15 is 0 Å². The van der Waals surface area contributed by atoms with Gasteiger partial charge in [0, 0.05) is 6.92 Å². The molecule has 4 atom stereocenters. The zero-order chi connectivity index (χ0) is 10.9. The van der Waals surface area contributed by atoms with Crippen molar-refractivity contribution in [3.63, 3.8) is 0 Å². The molecule has 1 rings (SSSR count). The van der Waals surface area contributed by atoms with Crippen molar-refractivity contribution in [2.24, 2.45) is 0 Å². The highest BCUT2D eigenvalue weighted by atomic mass is 16.3. The zero-order valence-electron chi connectivity index (χ0n) is 8.02. The number of rotatable bonds is 1. The predicted octanol–water partition coefficient (Wildman–Crippen LogP) is -2.27. The molecular weight excluding hydrogens is 188 g/mol. The van der Waals surface area contributed by atoms with Crippen LogP contribution in [0.1, 0.15) is 13.8 Å². The number of aliphatic hydroxyl groups excluding tert-OH is 2. The molecule has 0 aromatic carbocycles. The molecule has 0 saturated carbocycles. The standard InChI is InChI=1S/C8H14N2O4/c1-3-6(12)5(10-4(2)11)7(13)8(14)9-3/h3,5-7,12-13H,1-2H3,(H,9,14)(H,10,11)/t3-,5+,6-,7-/m1/s1. The summed E-state index contributed by atoms with van der Waals surface area (Å²) < 4.78 is 0. The summed E-state index contributed by atoms with van der Waals surface area (Å²) in [5, 5.41) is 23.7. The smallest absolute Gasteiger partial charge is 0.251 e. The summed E-state index contributed by atoms with van der Waals surface area (Å²) in [6.45, 7) is 2.86. The number of hydrogen-bond donors (Lipinski definition) is 4. The van der Waals surface area contributed by atoms with Gasteiger partial charge in [0.05, 0.1) is 18.2 Å². The monoisotopic (exact) mass is 202 g/mol. The van der Waals surface area contributed by atoms with Gasteiger partial charge >= 0.3 is 0 Å². The quantitative estimate of drug-likeness (QED) is 0.385. The molecule has 1 fully saturated rings. The van der Waals surface area contributed by atoms with Crippen molar-refractivity contribution in [3.05, 3.63) is 0 Å². The second-order valence-corrected chi connectivity index (χ2v) is 3.46. The number of piperidine rings is 1. The third-order valence-corrected chi connectivity index (χ3v) is 2.23. The maximum absolute atomic E-state index is 11.1. The highest BCUT2D eigenvalue weighted by Gasteiger charge is 2.40. The van der Waals surface area contributed by atoms with Gasteiger partial charge in [-0.3, -0.25) is 9.59 Å². The molecule has 0 aliphatic carbocycles. The van der Waals surface area contributed by atoms with Gasteiger partial charge in [0.25, 0.3) is 5.91 Å². The average molecular weight is 202 g/mol. The van der Waals surface area contributed by atoms with Crippen LogP contribution >= 0.6 is 0 Å². The summed E-state index contributed by atoms with van der Waals surface area (Å²) in [6.07, 6.45) is -2.38. The summed E-state index contributed by atoms with van der Waals surface area (Å²) in [4.78, 5) is 21.9. The molecule has 6 nitrogen and oxygen atoms in total. The normalized spacial score (nSPS) is 37.6. The summed E-state index contributed by atoms with van der Waals surface area (Å²) in [6, 6.07) is -1.42. The van der Waals surface area contributed by atoms with Gasteiger partial charge in [-0.1, -0.05) is 0 Å². The van der Waals surface area contributed by atoms with Crippen LogP contribution in [0.4, 0.5) is 0 Å². The van der Waals surface area contributed by atoms with E-state index in [-0.39, 0.29) is 0 Å². The first-order valence-electron chi connectivity index (χ1n) is 4.37. The number of hydrogen-bond acceptors (Lipinski definition) is 4. The highest BCUT2D eigenvalue weighted by Crippen LogP contribution is 2.11.